The van der Waals surface area contributed by atoms with Gasteiger partial charge in [-0.1, -0.05) is 0 Å². The van der Waals surface area contributed by atoms with Crippen LogP contribution in [-0.2, 0) is 6.54 Å². The summed E-state index contributed by atoms with van der Waals surface area (Å²) >= 11 is 1.82. The quantitative estimate of drug-likeness (QED) is 0.903. The first-order valence-electron chi connectivity index (χ1n) is 5.66. The number of aryl methyl sites for hydroxylation is 4. The summed E-state index contributed by atoms with van der Waals surface area (Å²) in [7, 11) is 0. The van der Waals surface area contributed by atoms with Gasteiger partial charge in [-0.15, -0.1) is 11.3 Å². The maximum absolute atomic E-state index is 4.36. The second kappa shape index (κ2) is 4.84. The molecule has 90 valence electrons. The lowest BCUT2D eigenvalue weighted by atomic mass is 10.3. The highest BCUT2D eigenvalue weighted by Crippen LogP contribution is 2.21. The van der Waals surface area contributed by atoms with Crippen molar-refractivity contribution in [1.82, 2.24) is 9.97 Å². The average Bonchev–Trinajstić information content (AvgIpc) is 2.54. The molecule has 0 saturated carbocycles. The third-order valence-corrected chi connectivity index (χ3v) is 3.77. The highest BCUT2D eigenvalue weighted by Gasteiger charge is 2.03. The monoisotopic (exact) mass is 247 g/mol. The fourth-order valence-corrected chi connectivity index (χ4v) is 2.70. The summed E-state index contributed by atoms with van der Waals surface area (Å²) in [4.78, 5) is 11.4. The van der Waals surface area contributed by atoms with Gasteiger partial charge in [0.1, 0.15) is 0 Å². The molecular weight excluding hydrogens is 230 g/mol. The molecule has 17 heavy (non-hydrogen) atoms. The van der Waals surface area contributed by atoms with Crippen LogP contribution >= 0.6 is 11.3 Å². The van der Waals surface area contributed by atoms with E-state index in [-0.39, 0.29) is 0 Å². The van der Waals surface area contributed by atoms with Crippen molar-refractivity contribution in [3.05, 3.63) is 38.8 Å². The third kappa shape index (κ3) is 3.03. The smallest absolute Gasteiger partial charge is 0.223 e. The molecule has 0 fully saturated rings. The Morgan fingerprint density at radius 3 is 2.24 bits per heavy atom. The first-order chi connectivity index (χ1) is 8.04. The maximum Gasteiger partial charge on any atom is 0.223 e. The standard InChI is InChI=1S/C13H17N3S/c1-8-5-12(17-11(8)4)7-14-13-15-9(2)6-10(3)16-13/h5-6H,7H2,1-4H3,(H,14,15,16). The van der Waals surface area contributed by atoms with Gasteiger partial charge in [-0.3, -0.25) is 0 Å². The predicted octanol–water partition coefficient (Wildman–Crippen LogP) is 3.38. The van der Waals surface area contributed by atoms with Gasteiger partial charge in [0.05, 0.1) is 6.54 Å². The fraction of sp³-hybridized carbons (Fsp3) is 0.385. The van der Waals surface area contributed by atoms with Crippen LogP contribution in [0.5, 0.6) is 0 Å². The van der Waals surface area contributed by atoms with E-state index in [9.17, 15) is 0 Å². The zero-order valence-electron chi connectivity index (χ0n) is 10.7. The van der Waals surface area contributed by atoms with Gasteiger partial charge in [0.25, 0.3) is 0 Å². The van der Waals surface area contributed by atoms with Gasteiger partial charge in [-0.05, 0) is 45.4 Å². The van der Waals surface area contributed by atoms with Crippen LogP contribution in [0.25, 0.3) is 0 Å². The Morgan fingerprint density at radius 2 is 1.71 bits per heavy atom. The SMILES string of the molecule is Cc1cc(C)nc(NCc2cc(C)c(C)s2)n1. The molecule has 4 heteroatoms. The number of nitrogens with one attached hydrogen (secondary N) is 1. The molecular formula is C13H17N3S. The van der Waals surface area contributed by atoms with E-state index < -0.39 is 0 Å². The second-order valence-corrected chi connectivity index (χ2v) is 5.62. The van der Waals surface area contributed by atoms with Crippen LogP contribution in [-0.4, -0.2) is 9.97 Å². The Labute approximate surface area is 106 Å². The van der Waals surface area contributed by atoms with E-state index in [1.165, 1.54) is 15.3 Å². The predicted molar refractivity (Wildman–Crippen MR) is 72.6 cm³/mol. The zero-order valence-corrected chi connectivity index (χ0v) is 11.5. The molecule has 1 N–H and O–H groups in total. The van der Waals surface area contributed by atoms with Crippen LogP contribution in [0.15, 0.2) is 12.1 Å². The summed E-state index contributed by atoms with van der Waals surface area (Å²) in [5, 5.41) is 3.27. The van der Waals surface area contributed by atoms with Gasteiger partial charge in [0, 0.05) is 21.1 Å². The number of rotatable bonds is 3. The highest BCUT2D eigenvalue weighted by atomic mass is 32.1. The molecule has 0 aliphatic rings. The van der Waals surface area contributed by atoms with Gasteiger partial charge in [0.15, 0.2) is 0 Å². The number of aromatic nitrogens is 2. The number of thiophene rings is 1. The highest BCUT2D eigenvalue weighted by molar-refractivity contribution is 7.12. The molecule has 0 aliphatic carbocycles. The number of anilines is 1. The summed E-state index contributed by atoms with van der Waals surface area (Å²) in [6.07, 6.45) is 0. The molecule has 3 nitrogen and oxygen atoms in total. The zero-order chi connectivity index (χ0) is 12.4. The summed E-state index contributed by atoms with van der Waals surface area (Å²) in [6, 6.07) is 4.19. The molecule has 0 unspecified atom stereocenters. The van der Waals surface area contributed by atoms with Gasteiger partial charge in [-0.25, -0.2) is 9.97 Å². The van der Waals surface area contributed by atoms with Crippen LogP contribution < -0.4 is 5.32 Å². The minimum Gasteiger partial charge on any atom is -0.349 e. The first kappa shape index (κ1) is 12.0. The van der Waals surface area contributed by atoms with Gasteiger partial charge in [-0.2, -0.15) is 0 Å². The van der Waals surface area contributed by atoms with Crippen molar-refractivity contribution in [1.29, 1.82) is 0 Å². The Morgan fingerprint density at radius 1 is 1.06 bits per heavy atom. The van der Waals surface area contributed by atoms with Crippen molar-refractivity contribution in [3.8, 4) is 0 Å². The molecule has 0 saturated heterocycles. The lowest BCUT2D eigenvalue weighted by Crippen LogP contribution is -2.04. The van der Waals surface area contributed by atoms with E-state index in [4.69, 9.17) is 0 Å². The fourth-order valence-electron chi connectivity index (χ4n) is 1.71. The van der Waals surface area contributed by atoms with Crippen LogP contribution in [0.4, 0.5) is 5.95 Å². The Hall–Kier alpha value is -1.42. The Balaban J connectivity index is 2.07. The minimum atomic E-state index is 0.714. The normalized spacial score (nSPS) is 10.6. The lowest BCUT2D eigenvalue weighted by Gasteiger charge is -2.04. The Bertz CT molecular complexity index is 492. The summed E-state index contributed by atoms with van der Waals surface area (Å²) in [6.45, 7) is 9.06. The molecule has 0 bridgehead atoms. The molecule has 2 rings (SSSR count). The van der Waals surface area contributed by atoms with E-state index in [0.717, 1.165) is 17.9 Å². The first-order valence-corrected chi connectivity index (χ1v) is 6.48. The average molecular weight is 247 g/mol. The largest absolute Gasteiger partial charge is 0.349 e. The van der Waals surface area contributed by atoms with Crippen LogP contribution in [0.1, 0.15) is 26.7 Å². The summed E-state index contributed by atoms with van der Waals surface area (Å²) in [5.41, 5.74) is 3.35. The van der Waals surface area contributed by atoms with E-state index in [0.29, 0.717) is 5.95 Å². The van der Waals surface area contributed by atoms with Crippen LogP contribution in [0.3, 0.4) is 0 Å². The molecule has 2 heterocycles. The molecule has 0 amide bonds. The van der Waals surface area contributed by atoms with Crippen molar-refractivity contribution >= 4 is 17.3 Å². The van der Waals surface area contributed by atoms with Crippen LogP contribution in [0.2, 0.25) is 0 Å². The van der Waals surface area contributed by atoms with Crippen molar-refractivity contribution < 1.29 is 0 Å². The number of hydrogen-bond donors (Lipinski definition) is 1. The van der Waals surface area contributed by atoms with Crippen LogP contribution in [0, 0.1) is 27.7 Å². The summed E-state index contributed by atoms with van der Waals surface area (Å²) < 4.78 is 0. The molecule has 0 radical (unpaired) electrons. The van der Waals surface area contributed by atoms with Crippen molar-refractivity contribution in [2.45, 2.75) is 34.2 Å². The molecule has 0 aliphatic heterocycles. The van der Waals surface area contributed by atoms with Gasteiger partial charge in [0.2, 0.25) is 5.95 Å². The molecule has 2 aromatic heterocycles. The third-order valence-electron chi connectivity index (χ3n) is 2.62. The summed E-state index contributed by atoms with van der Waals surface area (Å²) in [5.74, 6) is 0.714. The van der Waals surface area contributed by atoms with E-state index in [2.05, 4.69) is 35.2 Å². The topological polar surface area (TPSA) is 37.8 Å². The number of nitrogens with zero attached hydrogens (tertiary/aromatic N) is 2. The van der Waals surface area contributed by atoms with Crippen molar-refractivity contribution in [2.75, 3.05) is 5.32 Å². The van der Waals surface area contributed by atoms with Gasteiger partial charge >= 0.3 is 0 Å². The lowest BCUT2D eigenvalue weighted by molar-refractivity contribution is 1.01. The molecule has 0 spiro atoms. The van der Waals surface area contributed by atoms with Crippen molar-refractivity contribution in [2.24, 2.45) is 0 Å². The minimum absolute atomic E-state index is 0.714. The van der Waals surface area contributed by atoms with E-state index in [1.54, 1.807) is 0 Å². The maximum atomic E-state index is 4.36. The van der Waals surface area contributed by atoms with E-state index >= 15 is 0 Å². The molecule has 0 atom stereocenters. The van der Waals surface area contributed by atoms with Crippen molar-refractivity contribution in [3.63, 3.8) is 0 Å². The second-order valence-electron chi connectivity index (χ2n) is 4.28. The molecule has 2 aromatic rings. The van der Waals surface area contributed by atoms with Gasteiger partial charge < -0.3 is 5.32 Å². The van der Waals surface area contributed by atoms with E-state index in [1.807, 2.05) is 31.3 Å². The number of hydrogen-bond acceptors (Lipinski definition) is 4. The molecule has 0 aromatic carbocycles. The Kier molecular flexibility index (Phi) is 3.43.